The van der Waals surface area contributed by atoms with Crippen molar-refractivity contribution in [2.45, 2.75) is 71.1 Å². The van der Waals surface area contributed by atoms with E-state index in [4.69, 9.17) is 4.74 Å². The van der Waals surface area contributed by atoms with E-state index < -0.39 is 5.60 Å². The summed E-state index contributed by atoms with van der Waals surface area (Å²) in [7, 11) is 0. The van der Waals surface area contributed by atoms with E-state index in [1.807, 2.05) is 56.2 Å². The zero-order valence-electron chi connectivity index (χ0n) is 23.7. The van der Waals surface area contributed by atoms with Crippen LogP contribution in [0.1, 0.15) is 52.9 Å². The lowest BCUT2D eigenvalue weighted by Gasteiger charge is -2.35. The summed E-state index contributed by atoms with van der Waals surface area (Å²) in [6.07, 6.45) is 10.8. The van der Waals surface area contributed by atoms with Gasteiger partial charge in [-0.1, -0.05) is 12.8 Å². The van der Waals surface area contributed by atoms with Crippen molar-refractivity contribution in [3.05, 3.63) is 36.8 Å². The Bertz CT molecular complexity index is 1320. The zero-order valence-corrected chi connectivity index (χ0v) is 23.7. The molecule has 0 spiro atoms. The minimum Gasteiger partial charge on any atom is -0.444 e. The highest BCUT2D eigenvalue weighted by atomic mass is 16.6. The van der Waals surface area contributed by atoms with Gasteiger partial charge in [-0.3, -0.25) is 19.9 Å². The topological polar surface area (TPSA) is 118 Å². The first-order chi connectivity index (χ1) is 19.2. The number of aryl methyl sites for hydroxylation is 1. The predicted molar refractivity (Wildman–Crippen MR) is 154 cm³/mol. The normalized spacial score (nSPS) is 16.8. The van der Waals surface area contributed by atoms with Crippen LogP contribution in [0.2, 0.25) is 0 Å². The van der Waals surface area contributed by atoms with E-state index >= 15 is 0 Å². The molecule has 3 aromatic rings. The van der Waals surface area contributed by atoms with Crippen LogP contribution in [-0.2, 0) is 11.3 Å². The van der Waals surface area contributed by atoms with Gasteiger partial charge in [0.05, 0.1) is 17.2 Å². The quantitative estimate of drug-likeness (QED) is 0.446. The first-order valence-corrected chi connectivity index (χ1v) is 14.3. The summed E-state index contributed by atoms with van der Waals surface area (Å²) >= 11 is 0. The molecule has 11 heteroatoms. The van der Waals surface area contributed by atoms with Gasteiger partial charge in [-0.2, -0.15) is 5.10 Å². The number of anilines is 1. The lowest BCUT2D eigenvalue weighted by atomic mass is 10.1. The number of amides is 3. The van der Waals surface area contributed by atoms with E-state index in [1.165, 1.54) is 12.8 Å². The molecule has 1 aliphatic carbocycles. The van der Waals surface area contributed by atoms with Crippen molar-refractivity contribution >= 4 is 29.0 Å². The van der Waals surface area contributed by atoms with Gasteiger partial charge in [-0.15, -0.1) is 0 Å². The number of piperazine rings is 1. The summed E-state index contributed by atoms with van der Waals surface area (Å²) in [5.74, 6) is 0.504. The van der Waals surface area contributed by atoms with Crippen molar-refractivity contribution in [1.82, 2.24) is 34.9 Å². The van der Waals surface area contributed by atoms with Gasteiger partial charge in [0.1, 0.15) is 11.4 Å². The second kappa shape index (κ2) is 12.2. The van der Waals surface area contributed by atoms with Crippen molar-refractivity contribution in [2.75, 3.05) is 38.0 Å². The standard InChI is InChI=1S/C29H40N8O3/c1-29(2,3)40-28(39)36-15-13-35(14-16-36)11-6-12-37-20-22(19-31-37)21-17-25-24(30-18-21)9-10-26(33-25)34-27(38)32-23-7-4-5-8-23/h9-10,17-20,23H,4-8,11-16H2,1-3H3,(H2,32,33,34,38). The van der Waals surface area contributed by atoms with E-state index in [1.54, 1.807) is 11.0 Å². The van der Waals surface area contributed by atoms with Crippen molar-refractivity contribution in [3.63, 3.8) is 0 Å². The number of nitrogens with zero attached hydrogens (tertiary/aromatic N) is 6. The fourth-order valence-electron chi connectivity index (χ4n) is 5.21. The molecule has 2 aliphatic rings. The van der Waals surface area contributed by atoms with E-state index in [9.17, 15) is 9.59 Å². The molecular weight excluding hydrogens is 508 g/mol. The molecule has 0 atom stereocenters. The largest absolute Gasteiger partial charge is 0.444 e. The number of pyridine rings is 2. The van der Waals surface area contributed by atoms with E-state index in [0.717, 1.165) is 67.6 Å². The summed E-state index contributed by atoms with van der Waals surface area (Å²) in [4.78, 5) is 38.0. The molecule has 3 amide bonds. The Morgan fingerprint density at radius 1 is 1.00 bits per heavy atom. The van der Waals surface area contributed by atoms with Crippen LogP contribution in [0, 0.1) is 0 Å². The van der Waals surface area contributed by atoms with Gasteiger partial charge >= 0.3 is 12.1 Å². The van der Waals surface area contributed by atoms with Gasteiger partial charge in [0.15, 0.2) is 0 Å². The SMILES string of the molecule is CC(C)(C)OC(=O)N1CCN(CCCn2cc(-c3cnc4ccc(NC(=O)NC5CCCC5)nc4c3)cn2)CC1. The molecule has 1 saturated carbocycles. The Morgan fingerprint density at radius 3 is 2.52 bits per heavy atom. The molecule has 0 unspecified atom stereocenters. The Labute approximate surface area is 235 Å². The lowest BCUT2D eigenvalue weighted by molar-refractivity contribution is 0.0143. The van der Waals surface area contributed by atoms with Gasteiger partial charge in [0.2, 0.25) is 0 Å². The smallest absolute Gasteiger partial charge is 0.410 e. The monoisotopic (exact) mass is 548 g/mol. The van der Waals surface area contributed by atoms with Crippen LogP contribution in [0.5, 0.6) is 0 Å². The molecule has 11 nitrogen and oxygen atoms in total. The molecule has 0 aromatic carbocycles. The second-order valence-corrected chi connectivity index (χ2v) is 11.7. The lowest BCUT2D eigenvalue weighted by Crippen LogP contribution is -2.50. The number of rotatable bonds is 7. The minimum absolute atomic E-state index is 0.214. The third-order valence-corrected chi connectivity index (χ3v) is 7.32. The number of fused-ring (bicyclic) bond motifs is 1. The van der Waals surface area contributed by atoms with Crippen molar-refractivity contribution in [1.29, 1.82) is 0 Å². The maximum absolute atomic E-state index is 12.4. The molecule has 5 rings (SSSR count). The molecule has 0 bridgehead atoms. The van der Waals surface area contributed by atoms with Crippen LogP contribution in [0.4, 0.5) is 15.4 Å². The van der Waals surface area contributed by atoms with Gasteiger partial charge in [0.25, 0.3) is 0 Å². The fourth-order valence-corrected chi connectivity index (χ4v) is 5.21. The molecule has 2 N–H and O–H groups in total. The maximum atomic E-state index is 12.4. The maximum Gasteiger partial charge on any atom is 0.410 e. The first kappa shape index (κ1) is 27.8. The molecule has 214 valence electrons. The van der Waals surface area contributed by atoms with Gasteiger partial charge in [-0.05, 0) is 58.2 Å². The summed E-state index contributed by atoms with van der Waals surface area (Å²) < 4.78 is 7.44. The molecule has 0 radical (unpaired) electrons. The highest BCUT2D eigenvalue weighted by Gasteiger charge is 2.25. The first-order valence-electron chi connectivity index (χ1n) is 14.3. The number of urea groups is 1. The molecule has 2 fully saturated rings. The summed E-state index contributed by atoms with van der Waals surface area (Å²) in [5, 5.41) is 10.4. The number of hydrogen-bond acceptors (Lipinski definition) is 7. The third-order valence-electron chi connectivity index (χ3n) is 7.32. The molecule has 1 saturated heterocycles. The summed E-state index contributed by atoms with van der Waals surface area (Å²) in [6.45, 7) is 10.5. The van der Waals surface area contributed by atoms with Crippen LogP contribution >= 0.6 is 0 Å². The fraction of sp³-hybridized carbons (Fsp3) is 0.552. The number of nitrogens with one attached hydrogen (secondary N) is 2. The number of carbonyl (C=O) groups is 2. The number of carbonyl (C=O) groups excluding carboxylic acids is 2. The highest BCUT2D eigenvalue weighted by molar-refractivity contribution is 5.90. The number of aromatic nitrogens is 4. The average Bonchev–Trinajstić information content (AvgIpc) is 3.60. The van der Waals surface area contributed by atoms with Crippen molar-refractivity contribution in [3.8, 4) is 11.1 Å². The number of hydrogen-bond donors (Lipinski definition) is 2. The average molecular weight is 549 g/mol. The van der Waals surface area contributed by atoms with Crippen LogP contribution in [0.15, 0.2) is 36.8 Å². The minimum atomic E-state index is -0.469. The highest BCUT2D eigenvalue weighted by Crippen LogP contribution is 2.23. The Morgan fingerprint density at radius 2 is 1.77 bits per heavy atom. The Hall–Kier alpha value is -3.73. The van der Waals surface area contributed by atoms with Gasteiger partial charge in [-0.25, -0.2) is 14.6 Å². The Balaban J connectivity index is 1.11. The summed E-state index contributed by atoms with van der Waals surface area (Å²) in [6, 6.07) is 5.66. The van der Waals surface area contributed by atoms with E-state index in [-0.39, 0.29) is 18.2 Å². The van der Waals surface area contributed by atoms with Gasteiger partial charge in [0, 0.05) is 68.8 Å². The number of ether oxygens (including phenoxy) is 1. The van der Waals surface area contributed by atoms with Crippen LogP contribution in [0.25, 0.3) is 22.2 Å². The molecular formula is C29H40N8O3. The predicted octanol–water partition coefficient (Wildman–Crippen LogP) is 4.50. The van der Waals surface area contributed by atoms with Crippen LogP contribution in [-0.4, -0.2) is 86.0 Å². The van der Waals surface area contributed by atoms with E-state index in [0.29, 0.717) is 18.9 Å². The van der Waals surface area contributed by atoms with E-state index in [2.05, 4.69) is 30.6 Å². The third kappa shape index (κ3) is 7.47. The molecule has 3 aromatic heterocycles. The molecule has 1 aliphatic heterocycles. The summed E-state index contributed by atoms with van der Waals surface area (Å²) in [5.41, 5.74) is 2.92. The zero-order chi connectivity index (χ0) is 28.1. The van der Waals surface area contributed by atoms with Crippen LogP contribution in [0.3, 0.4) is 0 Å². The Kier molecular flexibility index (Phi) is 8.49. The molecule has 4 heterocycles. The van der Waals surface area contributed by atoms with Crippen molar-refractivity contribution in [2.24, 2.45) is 0 Å². The van der Waals surface area contributed by atoms with Crippen molar-refractivity contribution < 1.29 is 14.3 Å². The molecule has 40 heavy (non-hydrogen) atoms. The second-order valence-electron chi connectivity index (χ2n) is 11.7. The van der Waals surface area contributed by atoms with Gasteiger partial charge < -0.3 is 15.0 Å². The van der Waals surface area contributed by atoms with Crippen LogP contribution < -0.4 is 10.6 Å².